The zero-order valence-corrected chi connectivity index (χ0v) is 24.1. The summed E-state index contributed by atoms with van der Waals surface area (Å²) in [6.45, 7) is 21.2. The smallest absolute Gasteiger partial charge is 0.333 e. The first kappa shape index (κ1) is 31.1. The number of amides is 2. The van der Waals surface area contributed by atoms with Gasteiger partial charge in [-0.1, -0.05) is 61.0 Å². The Morgan fingerprint density at radius 3 is 2.17 bits per heavy atom. The van der Waals surface area contributed by atoms with Crippen LogP contribution in [0.1, 0.15) is 88.5 Å². The number of hydrogen-bond donors (Lipinski definition) is 1. The maximum absolute atomic E-state index is 13.8. The highest BCUT2D eigenvalue weighted by molar-refractivity contribution is 5.91. The van der Waals surface area contributed by atoms with Crippen LogP contribution in [0.25, 0.3) is 0 Å². The summed E-state index contributed by atoms with van der Waals surface area (Å²) < 4.78 is 5.12. The van der Waals surface area contributed by atoms with Gasteiger partial charge in [-0.2, -0.15) is 0 Å². The molecule has 1 N–H and O–H groups in total. The van der Waals surface area contributed by atoms with Crippen molar-refractivity contribution in [2.75, 3.05) is 20.2 Å². The molecule has 4 atom stereocenters. The van der Waals surface area contributed by atoms with Crippen LogP contribution in [0.4, 0.5) is 0 Å². The summed E-state index contributed by atoms with van der Waals surface area (Å²) in [5.41, 5.74) is -0.00643. The lowest BCUT2D eigenvalue weighted by molar-refractivity contribution is -0.142. The van der Waals surface area contributed by atoms with Crippen LogP contribution in [-0.2, 0) is 19.1 Å². The van der Waals surface area contributed by atoms with Gasteiger partial charge < -0.3 is 15.0 Å². The number of esters is 1. The van der Waals surface area contributed by atoms with Gasteiger partial charge in [0, 0.05) is 18.7 Å². The van der Waals surface area contributed by atoms with Gasteiger partial charge in [0.2, 0.25) is 11.8 Å². The third-order valence-corrected chi connectivity index (χ3v) is 7.23. The van der Waals surface area contributed by atoms with Crippen molar-refractivity contribution in [2.45, 2.75) is 113 Å². The summed E-state index contributed by atoms with van der Waals surface area (Å²) in [5, 5.41) is 3.14. The lowest BCUT2D eigenvalue weighted by atomic mass is 9.84. The van der Waals surface area contributed by atoms with E-state index in [1.165, 1.54) is 0 Å². The normalized spacial score (nSPS) is 20.4. The van der Waals surface area contributed by atoms with Crippen molar-refractivity contribution in [2.24, 2.45) is 17.3 Å². The van der Waals surface area contributed by atoms with Gasteiger partial charge in [0.25, 0.3) is 0 Å². The topological polar surface area (TPSA) is 79.0 Å². The lowest BCUT2D eigenvalue weighted by Crippen LogP contribution is -2.61. The molecule has 202 valence electrons. The standard InChI is InChI=1S/C28H51N3O4/c1-12-35-27(34)20(6)17-23(19(4)5)30(11)26(33)24(28(8,9)10)29-25(32)22-15-13-14-16-31(22)21(7)18(2)3/h17-19,21-24H,12-16H2,1-11H3,(H,29,32)/t21?,22?,23-,24-/m1/s1. The fraction of sp³-hybridized carbons (Fsp3) is 0.821. The summed E-state index contributed by atoms with van der Waals surface area (Å²) >= 11 is 0. The average Bonchev–Trinajstić information content (AvgIpc) is 2.78. The average molecular weight is 494 g/mol. The highest BCUT2D eigenvalue weighted by Gasteiger charge is 2.40. The number of likely N-dealkylation sites (N-methyl/N-ethyl adjacent to an activating group) is 1. The molecule has 1 rings (SSSR count). The predicted molar refractivity (Wildman–Crippen MR) is 142 cm³/mol. The number of nitrogens with one attached hydrogen (secondary N) is 1. The second-order valence-corrected chi connectivity index (χ2v) is 11.8. The van der Waals surface area contributed by atoms with E-state index in [2.05, 4.69) is 31.0 Å². The molecule has 0 aromatic carbocycles. The first-order valence-corrected chi connectivity index (χ1v) is 13.3. The zero-order chi connectivity index (χ0) is 27.1. The molecular weight excluding hydrogens is 442 g/mol. The fourth-order valence-electron chi connectivity index (χ4n) is 4.66. The van der Waals surface area contributed by atoms with Crippen molar-refractivity contribution < 1.29 is 19.1 Å². The van der Waals surface area contributed by atoms with Crippen LogP contribution in [0.3, 0.4) is 0 Å². The van der Waals surface area contributed by atoms with Gasteiger partial charge in [0.1, 0.15) is 6.04 Å². The van der Waals surface area contributed by atoms with Crippen LogP contribution in [0.2, 0.25) is 0 Å². The Morgan fingerprint density at radius 2 is 1.69 bits per heavy atom. The first-order chi connectivity index (χ1) is 16.1. The van der Waals surface area contributed by atoms with E-state index in [0.29, 0.717) is 24.1 Å². The molecule has 2 unspecified atom stereocenters. The Bertz CT molecular complexity index is 754. The molecule has 2 amide bonds. The molecule has 1 aliphatic rings. The van der Waals surface area contributed by atoms with Crippen LogP contribution >= 0.6 is 0 Å². The van der Waals surface area contributed by atoms with Crippen LogP contribution < -0.4 is 5.32 Å². The Labute approximate surface area is 214 Å². The second-order valence-electron chi connectivity index (χ2n) is 11.8. The molecule has 0 saturated carbocycles. The largest absolute Gasteiger partial charge is 0.463 e. The van der Waals surface area contributed by atoms with E-state index in [1.807, 2.05) is 34.6 Å². The number of likely N-dealkylation sites (tertiary alicyclic amines) is 1. The van der Waals surface area contributed by atoms with Crippen molar-refractivity contribution in [1.29, 1.82) is 0 Å². The molecule has 7 heteroatoms. The second kappa shape index (κ2) is 13.4. The molecule has 1 aliphatic heterocycles. The molecule has 0 aliphatic carbocycles. The minimum absolute atomic E-state index is 0.0711. The van der Waals surface area contributed by atoms with E-state index < -0.39 is 11.5 Å². The van der Waals surface area contributed by atoms with Gasteiger partial charge in [-0.25, -0.2) is 4.79 Å². The van der Waals surface area contributed by atoms with E-state index in [0.717, 1.165) is 25.8 Å². The van der Waals surface area contributed by atoms with Gasteiger partial charge in [-0.15, -0.1) is 0 Å². The molecule has 1 heterocycles. The minimum Gasteiger partial charge on any atom is -0.463 e. The van der Waals surface area contributed by atoms with E-state index in [4.69, 9.17) is 4.74 Å². The summed E-state index contributed by atoms with van der Waals surface area (Å²) in [5.74, 6) is -0.0903. The zero-order valence-electron chi connectivity index (χ0n) is 24.1. The van der Waals surface area contributed by atoms with Gasteiger partial charge in [0.05, 0.1) is 18.7 Å². The van der Waals surface area contributed by atoms with Gasteiger partial charge >= 0.3 is 5.97 Å². The highest BCUT2D eigenvalue weighted by atomic mass is 16.5. The lowest BCUT2D eigenvalue weighted by Gasteiger charge is -2.42. The van der Waals surface area contributed by atoms with Crippen molar-refractivity contribution in [3.8, 4) is 0 Å². The van der Waals surface area contributed by atoms with Crippen molar-refractivity contribution in [3.63, 3.8) is 0 Å². The molecule has 1 saturated heterocycles. The Balaban J connectivity index is 3.19. The predicted octanol–water partition coefficient (Wildman–Crippen LogP) is 4.41. The number of nitrogens with zero attached hydrogens (tertiary/aromatic N) is 2. The Hall–Kier alpha value is -1.89. The number of piperidine rings is 1. The Kier molecular flexibility index (Phi) is 11.9. The number of ether oxygens (including phenoxy) is 1. The number of carbonyl (C=O) groups is 3. The highest BCUT2D eigenvalue weighted by Crippen LogP contribution is 2.27. The molecule has 0 bridgehead atoms. The van der Waals surface area contributed by atoms with Crippen molar-refractivity contribution in [1.82, 2.24) is 15.1 Å². The number of carbonyl (C=O) groups excluding carboxylic acids is 3. The van der Waals surface area contributed by atoms with Gasteiger partial charge in [-0.05, 0) is 57.4 Å². The maximum atomic E-state index is 13.8. The third-order valence-electron chi connectivity index (χ3n) is 7.23. The quantitative estimate of drug-likeness (QED) is 0.360. The van der Waals surface area contributed by atoms with Crippen LogP contribution in [0, 0.1) is 17.3 Å². The third kappa shape index (κ3) is 8.62. The summed E-state index contributed by atoms with van der Waals surface area (Å²) in [6.07, 6.45) is 4.71. The fourth-order valence-corrected chi connectivity index (χ4v) is 4.66. The van der Waals surface area contributed by atoms with Crippen molar-refractivity contribution in [3.05, 3.63) is 11.6 Å². The van der Waals surface area contributed by atoms with Gasteiger partial charge in [0.15, 0.2) is 0 Å². The van der Waals surface area contributed by atoms with Gasteiger partial charge in [-0.3, -0.25) is 14.5 Å². The van der Waals surface area contributed by atoms with E-state index >= 15 is 0 Å². The summed E-state index contributed by atoms with van der Waals surface area (Å²) in [6, 6.07) is -0.925. The van der Waals surface area contributed by atoms with E-state index in [9.17, 15) is 14.4 Å². The first-order valence-electron chi connectivity index (χ1n) is 13.3. The Morgan fingerprint density at radius 1 is 1.09 bits per heavy atom. The molecular formula is C28H51N3O4. The van der Waals surface area contributed by atoms with E-state index in [-0.39, 0.29) is 35.8 Å². The molecule has 0 aromatic heterocycles. The summed E-state index contributed by atoms with van der Waals surface area (Å²) in [4.78, 5) is 43.5. The van der Waals surface area contributed by atoms with Crippen LogP contribution in [0.5, 0.6) is 0 Å². The number of hydrogen-bond acceptors (Lipinski definition) is 5. The molecule has 35 heavy (non-hydrogen) atoms. The molecule has 0 spiro atoms. The summed E-state index contributed by atoms with van der Waals surface area (Å²) in [7, 11) is 1.75. The molecule has 1 fully saturated rings. The van der Waals surface area contributed by atoms with Crippen LogP contribution in [0.15, 0.2) is 11.6 Å². The molecule has 0 aromatic rings. The van der Waals surface area contributed by atoms with Crippen molar-refractivity contribution >= 4 is 17.8 Å². The monoisotopic (exact) mass is 493 g/mol. The molecule has 7 nitrogen and oxygen atoms in total. The van der Waals surface area contributed by atoms with E-state index in [1.54, 1.807) is 31.9 Å². The minimum atomic E-state index is -0.685. The molecule has 0 radical (unpaired) electrons. The SMILES string of the molecule is CCOC(=O)C(C)=C[C@H](C(C)C)N(C)C(=O)[C@@H](NC(=O)C1CCCCN1C(C)C(C)C)C(C)(C)C. The number of rotatable bonds is 10. The maximum Gasteiger partial charge on any atom is 0.333 e. The van der Waals surface area contributed by atoms with Crippen LogP contribution in [-0.4, -0.2) is 72.0 Å².